The van der Waals surface area contributed by atoms with E-state index in [1.54, 1.807) is 12.0 Å². The summed E-state index contributed by atoms with van der Waals surface area (Å²) in [6.07, 6.45) is 3.84. The minimum Gasteiger partial charge on any atom is -0.497 e. The van der Waals surface area contributed by atoms with Gasteiger partial charge in [0.2, 0.25) is 0 Å². The lowest BCUT2D eigenvalue weighted by atomic mass is 9.94. The van der Waals surface area contributed by atoms with Crippen molar-refractivity contribution in [3.05, 3.63) is 77.0 Å². The Hall–Kier alpha value is -4.07. The molecule has 44 heavy (non-hydrogen) atoms. The Labute approximate surface area is 261 Å². The van der Waals surface area contributed by atoms with Crippen LogP contribution in [-0.2, 0) is 11.2 Å². The quantitative estimate of drug-likeness (QED) is 0.271. The van der Waals surface area contributed by atoms with Gasteiger partial charge in [0.05, 0.1) is 31.4 Å². The van der Waals surface area contributed by atoms with Gasteiger partial charge in [0, 0.05) is 31.4 Å². The van der Waals surface area contributed by atoms with E-state index in [1.165, 1.54) is 5.56 Å². The Bertz CT molecular complexity index is 1490. The molecule has 8 heteroatoms. The van der Waals surface area contributed by atoms with E-state index in [2.05, 4.69) is 31.7 Å². The fourth-order valence-corrected chi connectivity index (χ4v) is 6.37. The van der Waals surface area contributed by atoms with Gasteiger partial charge < -0.3 is 19.5 Å². The summed E-state index contributed by atoms with van der Waals surface area (Å²) < 4.78 is 11.8. The van der Waals surface area contributed by atoms with Gasteiger partial charge in [-0.2, -0.15) is 0 Å². The SMILES string of the molecule is COc1ccc(C(=O)N(CC(C)(C)C)c2cccc(C)n2)c(N2CCC(COc3ccc4c(c3)C(CC(=O)O)CC4)CC2)c1. The molecule has 2 aliphatic rings. The van der Waals surface area contributed by atoms with E-state index in [0.717, 1.165) is 67.2 Å². The molecular weight excluding hydrogens is 554 g/mol. The minimum absolute atomic E-state index is 0.0649. The molecule has 1 fully saturated rings. The number of aromatic nitrogens is 1. The van der Waals surface area contributed by atoms with Crippen molar-refractivity contribution in [3.8, 4) is 11.5 Å². The molecule has 1 saturated heterocycles. The molecule has 8 nitrogen and oxygen atoms in total. The van der Waals surface area contributed by atoms with Gasteiger partial charge in [-0.1, -0.05) is 32.9 Å². The van der Waals surface area contributed by atoms with E-state index in [0.29, 0.717) is 30.5 Å². The van der Waals surface area contributed by atoms with E-state index < -0.39 is 5.97 Å². The van der Waals surface area contributed by atoms with Gasteiger partial charge in [-0.3, -0.25) is 14.5 Å². The predicted molar refractivity (Wildman–Crippen MR) is 173 cm³/mol. The maximum absolute atomic E-state index is 14.2. The Morgan fingerprint density at radius 1 is 1.02 bits per heavy atom. The molecule has 5 rings (SSSR count). The summed E-state index contributed by atoms with van der Waals surface area (Å²) in [5.41, 5.74) is 4.62. The number of methoxy groups -OCH3 is 1. The molecule has 3 aromatic rings. The maximum atomic E-state index is 14.2. The molecule has 1 aliphatic heterocycles. The molecule has 1 unspecified atom stereocenters. The second-order valence-electron chi connectivity index (χ2n) is 13.4. The van der Waals surface area contributed by atoms with Crippen molar-refractivity contribution in [2.24, 2.45) is 11.3 Å². The molecule has 1 amide bonds. The molecule has 234 valence electrons. The van der Waals surface area contributed by atoms with Gasteiger partial charge in [0.15, 0.2) is 0 Å². The first-order chi connectivity index (χ1) is 21.0. The number of benzene rings is 2. The third kappa shape index (κ3) is 7.52. The highest BCUT2D eigenvalue weighted by atomic mass is 16.5. The molecule has 0 bridgehead atoms. The first-order valence-electron chi connectivity index (χ1n) is 15.7. The Kier molecular flexibility index (Phi) is 9.47. The molecule has 1 atom stereocenters. The molecular formula is C36H45N3O5. The summed E-state index contributed by atoms with van der Waals surface area (Å²) in [4.78, 5) is 34.3. The Morgan fingerprint density at radius 2 is 1.77 bits per heavy atom. The zero-order chi connectivity index (χ0) is 31.4. The minimum atomic E-state index is -0.754. The average Bonchev–Trinajstić information content (AvgIpc) is 3.39. The lowest BCUT2D eigenvalue weighted by Gasteiger charge is -2.36. The number of nitrogens with zero attached hydrogens (tertiary/aromatic N) is 3. The number of piperidine rings is 1. The van der Waals surface area contributed by atoms with Crippen molar-refractivity contribution in [2.75, 3.05) is 43.2 Å². The molecule has 0 saturated carbocycles. The van der Waals surface area contributed by atoms with Gasteiger partial charge in [-0.15, -0.1) is 0 Å². The van der Waals surface area contributed by atoms with Crippen LogP contribution < -0.4 is 19.3 Å². The van der Waals surface area contributed by atoms with E-state index in [-0.39, 0.29) is 23.7 Å². The van der Waals surface area contributed by atoms with Crippen molar-refractivity contribution in [3.63, 3.8) is 0 Å². The van der Waals surface area contributed by atoms with Crippen LogP contribution in [0.4, 0.5) is 11.5 Å². The van der Waals surface area contributed by atoms with Crippen LogP contribution in [0.1, 0.15) is 79.6 Å². The molecule has 1 aromatic heterocycles. The van der Waals surface area contributed by atoms with Crippen molar-refractivity contribution in [1.82, 2.24) is 4.98 Å². The summed E-state index contributed by atoms with van der Waals surface area (Å²) in [7, 11) is 1.65. The van der Waals surface area contributed by atoms with Gasteiger partial charge in [0.25, 0.3) is 5.91 Å². The fraction of sp³-hybridized carbons (Fsp3) is 0.472. The Balaban J connectivity index is 1.29. The number of hydrogen-bond acceptors (Lipinski definition) is 6. The van der Waals surface area contributed by atoms with Crippen molar-refractivity contribution >= 4 is 23.4 Å². The third-order valence-electron chi connectivity index (χ3n) is 8.64. The molecule has 2 aromatic carbocycles. The van der Waals surface area contributed by atoms with E-state index >= 15 is 0 Å². The van der Waals surface area contributed by atoms with Crippen molar-refractivity contribution in [2.45, 2.75) is 65.7 Å². The Morgan fingerprint density at radius 3 is 2.45 bits per heavy atom. The maximum Gasteiger partial charge on any atom is 0.303 e. The average molecular weight is 600 g/mol. The highest BCUT2D eigenvalue weighted by molar-refractivity contribution is 6.09. The number of anilines is 2. The summed E-state index contributed by atoms with van der Waals surface area (Å²) in [5, 5.41) is 9.29. The summed E-state index contributed by atoms with van der Waals surface area (Å²) in [6, 6.07) is 17.6. The zero-order valence-electron chi connectivity index (χ0n) is 26.6. The van der Waals surface area contributed by atoms with Crippen LogP contribution >= 0.6 is 0 Å². The van der Waals surface area contributed by atoms with Gasteiger partial charge >= 0.3 is 5.97 Å². The molecule has 2 heterocycles. The normalized spacial score (nSPS) is 16.8. The molecule has 0 radical (unpaired) electrons. The van der Waals surface area contributed by atoms with Crippen LogP contribution in [0, 0.1) is 18.3 Å². The van der Waals surface area contributed by atoms with Crippen LogP contribution in [0.3, 0.4) is 0 Å². The van der Waals surface area contributed by atoms with Crippen LogP contribution in [0.25, 0.3) is 0 Å². The lowest BCUT2D eigenvalue weighted by molar-refractivity contribution is -0.137. The van der Waals surface area contributed by atoms with Crippen molar-refractivity contribution < 1.29 is 24.2 Å². The topological polar surface area (TPSA) is 92.2 Å². The number of amides is 1. The number of carbonyl (C=O) groups excluding carboxylic acids is 1. The number of rotatable bonds is 10. The predicted octanol–water partition coefficient (Wildman–Crippen LogP) is 6.89. The number of carboxylic acid groups (broad SMARTS) is 1. The molecule has 0 spiro atoms. The highest BCUT2D eigenvalue weighted by Gasteiger charge is 2.30. The summed E-state index contributed by atoms with van der Waals surface area (Å²) in [5.74, 6) is 1.81. The van der Waals surface area contributed by atoms with Gasteiger partial charge in [0.1, 0.15) is 17.3 Å². The van der Waals surface area contributed by atoms with E-state index in [1.807, 2.05) is 55.5 Å². The van der Waals surface area contributed by atoms with E-state index in [9.17, 15) is 14.7 Å². The number of aliphatic carboxylic acids is 1. The monoisotopic (exact) mass is 599 g/mol. The first kappa shape index (κ1) is 31.4. The number of aryl methyl sites for hydroxylation is 2. The lowest BCUT2D eigenvalue weighted by Crippen LogP contribution is -2.41. The number of carboxylic acids is 1. The first-order valence-corrected chi connectivity index (χ1v) is 15.7. The van der Waals surface area contributed by atoms with Crippen LogP contribution in [0.15, 0.2) is 54.6 Å². The second-order valence-corrected chi connectivity index (χ2v) is 13.4. The number of fused-ring (bicyclic) bond motifs is 1. The van der Waals surface area contributed by atoms with Crippen molar-refractivity contribution in [1.29, 1.82) is 0 Å². The second kappa shape index (κ2) is 13.3. The standard InChI is InChI=1S/C36H45N3O5/c1-24-7-6-8-33(37-24)39(23-36(2,3)4)35(42)30-14-13-28(43-5)21-32(30)38-17-15-25(16-18-38)22-44-29-12-11-26-9-10-27(19-34(40)41)31(26)20-29/h6-8,11-14,20-21,25,27H,9-10,15-19,22-23H2,1-5H3,(H,40,41). The number of hydrogen-bond donors (Lipinski definition) is 1. The number of carbonyl (C=O) groups is 2. The summed E-state index contributed by atoms with van der Waals surface area (Å²) in [6.45, 7) is 11.1. The van der Waals surface area contributed by atoms with Gasteiger partial charge in [-0.25, -0.2) is 4.98 Å². The smallest absolute Gasteiger partial charge is 0.303 e. The van der Waals surface area contributed by atoms with Gasteiger partial charge in [-0.05, 0) is 97.4 Å². The largest absolute Gasteiger partial charge is 0.497 e. The molecule has 1 N–H and O–H groups in total. The zero-order valence-corrected chi connectivity index (χ0v) is 26.6. The fourth-order valence-electron chi connectivity index (χ4n) is 6.37. The summed E-state index contributed by atoms with van der Waals surface area (Å²) >= 11 is 0. The number of pyridine rings is 1. The van der Waals surface area contributed by atoms with Crippen LogP contribution in [-0.4, -0.2) is 55.3 Å². The third-order valence-corrected chi connectivity index (χ3v) is 8.64. The highest BCUT2D eigenvalue weighted by Crippen LogP contribution is 2.38. The van der Waals surface area contributed by atoms with E-state index in [4.69, 9.17) is 14.5 Å². The number of ether oxygens (including phenoxy) is 2. The molecule has 1 aliphatic carbocycles. The van der Waals surface area contributed by atoms with Crippen LogP contribution in [0.2, 0.25) is 0 Å². The van der Waals surface area contributed by atoms with Crippen LogP contribution in [0.5, 0.6) is 11.5 Å².